The van der Waals surface area contributed by atoms with Gasteiger partial charge in [0, 0.05) is 19.0 Å². The molecule has 1 aliphatic heterocycles. The fraction of sp³-hybridized carbons (Fsp3) is 0.333. The molecule has 1 aliphatic rings. The number of carboxylic acid groups (broad SMARTS) is 1. The van der Waals surface area contributed by atoms with Crippen molar-refractivity contribution in [2.75, 3.05) is 18.4 Å². The molecule has 5 nitrogen and oxygen atoms in total. The predicted molar refractivity (Wildman–Crippen MR) is 62.7 cm³/mol. The summed E-state index contributed by atoms with van der Waals surface area (Å²) in [5, 5.41) is 10.7. The molecule has 0 radical (unpaired) electrons. The van der Waals surface area contributed by atoms with Crippen molar-refractivity contribution in [1.29, 1.82) is 0 Å². The third-order valence-electron chi connectivity index (χ3n) is 2.90. The lowest BCUT2D eigenvalue weighted by Gasteiger charge is -2.38. The van der Waals surface area contributed by atoms with Crippen LogP contribution in [0.5, 0.6) is 0 Å². The van der Waals surface area contributed by atoms with E-state index >= 15 is 0 Å². The molecule has 0 spiro atoms. The lowest BCUT2D eigenvalue weighted by Crippen LogP contribution is -2.52. The Hall–Kier alpha value is -2.18. The number of halogens is 2. The predicted octanol–water partition coefficient (Wildman–Crippen LogP) is 1.90. The van der Waals surface area contributed by atoms with Crippen LogP contribution in [0.1, 0.15) is 6.42 Å². The van der Waals surface area contributed by atoms with Crippen LogP contribution in [0, 0.1) is 17.6 Å². The zero-order valence-corrected chi connectivity index (χ0v) is 9.90. The van der Waals surface area contributed by atoms with Crippen molar-refractivity contribution in [1.82, 2.24) is 4.90 Å². The number of urea groups is 1. The van der Waals surface area contributed by atoms with Crippen LogP contribution in [-0.2, 0) is 4.79 Å². The van der Waals surface area contributed by atoms with E-state index in [-0.39, 0.29) is 25.4 Å². The summed E-state index contributed by atoms with van der Waals surface area (Å²) in [6.07, 6.45) is -0.0160. The Morgan fingerprint density at radius 1 is 1.32 bits per heavy atom. The number of aliphatic carboxylic acids is 1. The maximum Gasteiger partial charge on any atom is 0.322 e. The minimum Gasteiger partial charge on any atom is -0.481 e. The van der Waals surface area contributed by atoms with Crippen LogP contribution >= 0.6 is 0 Å². The minimum atomic E-state index is -0.926. The molecule has 102 valence electrons. The van der Waals surface area contributed by atoms with Gasteiger partial charge >= 0.3 is 12.0 Å². The van der Waals surface area contributed by atoms with E-state index in [0.29, 0.717) is 0 Å². The van der Waals surface area contributed by atoms with Crippen molar-refractivity contribution < 1.29 is 23.5 Å². The Balaban J connectivity index is 1.91. The monoisotopic (exact) mass is 270 g/mol. The highest BCUT2D eigenvalue weighted by molar-refractivity contribution is 5.90. The van der Waals surface area contributed by atoms with E-state index in [1.54, 1.807) is 0 Å². The summed E-state index contributed by atoms with van der Waals surface area (Å²) in [6, 6.07) is 2.65. The molecule has 2 N–H and O–H groups in total. The maximum absolute atomic E-state index is 13.3. The molecular weight excluding hydrogens is 258 g/mol. The van der Waals surface area contributed by atoms with E-state index in [0.717, 1.165) is 12.1 Å². The molecule has 2 amide bonds. The Morgan fingerprint density at radius 2 is 1.89 bits per heavy atom. The van der Waals surface area contributed by atoms with Gasteiger partial charge in [0.1, 0.15) is 17.3 Å². The molecule has 2 rings (SSSR count). The largest absolute Gasteiger partial charge is 0.481 e. The smallest absolute Gasteiger partial charge is 0.322 e. The van der Waals surface area contributed by atoms with Gasteiger partial charge in [0.15, 0.2) is 0 Å². The molecule has 1 aromatic rings. The number of nitrogens with zero attached hydrogens (tertiary/aromatic N) is 1. The summed E-state index contributed by atoms with van der Waals surface area (Å²) < 4.78 is 26.6. The quantitative estimate of drug-likeness (QED) is 0.881. The van der Waals surface area contributed by atoms with Gasteiger partial charge in [-0.3, -0.25) is 4.79 Å². The normalized spacial score (nSPS) is 14.9. The first-order valence-corrected chi connectivity index (χ1v) is 5.69. The molecule has 1 saturated heterocycles. The summed E-state index contributed by atoms with van der Waals surface area (Å²) in [4.78, 5) is 23.4. The maximum atomic E-state index is 13.3. The van der Waals surface area contributed by atoms with Crippen molar-refractivity contribution in [2.45, 2.75) is 6.42 Å². The Kier molecular flexibility index (Phi) is 3.64. The first-order chi connectivity index (χ1) is 8.97. The Bertz CT molecular complexity index is 495. The molecule has 0 unspecified atom stereocenters. The number of anilines is 1. The SMILES string of the molecule is O=C(O)CC1CN(C(=O)Nc2c(F)cccc2F)C1. The van der Waals surface area contributed by atoms with E-state index in [1.165, 1.54) is 11.0 Å². The zero-order chi connectivity index (χ0) is 14.0. The molecule has 1 aromatic carbocycles. The fourth-order valence-corrected chi connectivity index (χ4v) is 1.91. The average molecular weight is 270 g/mol. The average Bonchev–Trinajstić information content (AvgIpc) is 2.27. The van der Waals surface area contributed by atoms with E-state index in [4.69, 9.17) is 5.11 Å². The lowest BCUT2D eigenvalue weighted by atomic mass is 9.97. The molecular formula is C12H12F2N2O3. The van der Waals surface area contributed by atoms with Crippen molar-refractivity contribution in [3.8, 4) is 0 Å². The molecule has 19 heavy (non-hydrogen) atoms. The first kappa shape index (κ1) is 13.3. The number of para-hydroxylation sites is 1. The molecule has 0 bridgehead atoms. The number of hydrogen-bond donors (Lipinski definition) is 2. The van der Waals surface area contributed by atoms with Gasteiger partial charge in [-0.05, 0) is 12.1 Å². The van der Waals surface area contributed by atoms with Gasteiger partial charge in [-0.2, -0.15) is 0 Å². The van der Waals surface area contributed by atoms with Crippen molar-refractivity contribution in [3.63, 3.8) is 0 Å². The number of hydrogen-bond acceptors (Lipinski definition) is 2. The number of carbonyl (C=O) groups is 2. The Labute approximate surface area is 107 Å². The van der Waals surface area contributed by atoms with E-state index < -0.39 is 29.3 Å². The van der Waals surface area contributed by atoms with Gasteiger partial charge < -0.3 is 15.3 Å². The van der Waals surface area contributed by atoms with Crippen molar-refractivity contribution in [3.05, 3.63) is 29.8 Å². The summed E-state index contributed by atoms with van der Waals surface area (Å²) in [5.74, 6) is -2.73. The van der Waals surface area contributed by atoms with Crippen molar-refractivity contribution >= 4 is 17.7 Å². The van der Waals surface area contributed by atoms with Crippen LogP contribution in [-0.4, -0.2) is 35.1 Å². The third kappa shape index (κ3) is 2.98. The highest BCUT2D eigenvalue weighted by Crippen LogP contribution is 2.22. The third-order valence-corrected chi connectivity index (χ3v) is 2.90. The topological polar surface area (TPSA) is 69.6 Å². The molecule has 0 atom stereocenters. The van der Waals surface area contributed by atoms with Crippen LogP contribution < -0.4 is 5.32 Å². The van der Waals surface area contributed by atoms with E-state index in [2.05, 4.69) is 5.32 Å². The van der Waals surface area contributed by atoms with Gasteiger partial charge in [-0.1, -0.05) is 6.07 Å². The number of nitrogens with one attached hydrogen (secondary N) is 1. The summed E-state index contributed by atoms with van der Waals surface area (Å²) in [5.41, 5.74) is -0.491. The molecule has 1 heterocycles. The molecule has 0 saturated carbocycles. The van der Waals surface area contributed by atoms with Crippen LogP contribution in [0.2, 0.25) is 0 Å². The zero-order valence-electron chi connectivity index (χ0n) is 9.90. The summed E-state index contributed by atoms with van der Waals surface area (Å²) >= 11 is 0. The van der Waals surface area contributed by atoms with Crippen LogP contribution in [0.3, 0.4) is 0 Å². The summed E-state index contributed by atoms with van der Waals surface area (Å²) in [7, 11) is 0. The van der Waals surface area contributed by atoms with Crippen LogP contribution in [0.15, 0.2) is 18.2 Å². The number of rotatable bonds is 3. The van der Waals surface area contributed by atoms with E-state index in [1.807, 2.05) is 0 Å². The highest BCUT2D eigenvalue weighted by atomic mass is 19.1. The Morgan fingerprint density at radius 3 is 2.42 bits per heavy atom. The molecule has 0 aromatic heterocycles. The lowest BCUT2D eigenvalue weighted by molar-refractivity contribution is -0.139. The number of benzene rings is 1. The number of likely N-dealkylation sites (tertiary alicyclic amines) is 1. The molecule has 7 heteroatoms. The van der Waals surface area contributed by atoms with Gasteiger partial charge in [0.05, 0.1) is 6.42 Å². The standard InChI is InChI=1S/C12H12F2N2O3/c13-8-2-1-3-9(14)11(8)15-12(19)16-5-7(6-16)4-10(17)18/h1-3,7H,4-6H2,(H,15,19)(H,17,18). The molecule has 0 aliphatic carbocycles. The van der Waals surface area contributed by atoms with Crippen LogP contribution in [0.4, 0.5) is 19.3 Å². The van der Waals surface area contributed by atoms with Gasteiger partial charge in [0.25, 0.3) is 0 Å². The minimum absolute atomic E-state index is 0.0160. The summed E-state index contributed by atoms with van der Waals surface area (Å²) in [6.45, 7) is 0.544. The second kappa shape index (κ2) is 5.21. The van der Waals surface area contributed by atoms with E-state index in [9.17, 15) is 18.4 Å². The number of carboxylic acids is 1. The van der Waals surface area contributed by atoms with Crippen molar-refractivity contribution in [2.24, 2.45) is 5.92 Å². The first-order valence-electron chi connectivity index (χ1n) is 5.69. The highest BCUT2D eigenvalue weighted by Gasteiger charge is 2.32. The fourth-order valence-electron chi connectivity index (χ4n) is 1.91. The second-order valence-corrected chi connectivity index (χ2v) is 4.40. The van der Waals surface area contributed by atoms with Gasteiger partial charge in [-0.15, -0.1) is 0 Å². The number of carbonyl (C=O) groups excluding carboxylic acids is 1. The second-order valence-electron chi connectivity index (χ2n) is 4.40. The molecule has 1 fully saturated rings. The number of amides is 2. The van der Waals surface area contributed by atoms with Gasteiger partial charge in [0.2, 0.25) is 0 Å². The van der Waals surface area contributed by atoms with Gasteiger partial charge in [-0.25, -0.2) is 13.6 Å². The van der Waals surface area contributed by atoms with Crippen LogP contribution in [0.25, 0.3) is 0 Å².